The predicted molar refractivity (Wildman–Crippen MR) is 72.0 cm³/mol. The van der Waals surface area contributed by atoms with Crippen molar-refractivity contribution in [2.75, 3.05) is 5.32 Å². The summed E-state index contributed by atoms with van der Waals surface area (Å²) >= 11 is 1.31. The first-order valence-corrected chi connectivity index (χ1v) is 6.88. The summed E-state index contributed by atoms with van der Waals surface area (Å²) in [6.07, 6.45) is 3.68. The maximum atomic E-state index is 11.7. The number of nitrogens with one attached hydrogen (secondary N) is 1. The number of anilines is 1. The van der Waals surface area contributed by atoms with E-state index in [0.29, 0.717) is 6.61 Å². The number of benzene rings is 1. The summed E-state index contributed by atoms with van der Waals surface area (Å²) in [4.78, 5) is 12.6. The van der Waals surface area contributed by atoms with Crippen LogP contribution in [0.5, 0.6) is 5.75 Å². The van der Waals surface area contributed by atoms with Gasteiger partial charge in [-0.15, -0.1) is 5.10 Å². The number of hydrogen-bond acceptors (Lipinski definition) is 5. The Kier molecular flexibility index (Phi) is 3.41. The van der Waals surface area contributed by atoms with Crippen LogP contribution in [0.1, 0.15) is 17.7 Å². The van der Waals surface area contributed by atoms with E-state index in [1.54, 1.807) is 6.20 Å². The van der Waals surface area contributed by atoms with Crippen LogP contribution in [0.4, 0.5) is 5.69 Å². The number of nitrogens with zero attached hydrogens (tertiary/aromatic N) is 2. The quantitative estimate of drug-likeness (QED) is 0.910. The summed E-state index contributed by atoms with van der Waals surface area (Å²) < 4.78 is 9.40. The molecule has 0 atom stereocenters. The first-order valence-electron chi connectivity index (χ1n) is 6.11. The minimum Gasteiger partial charge on any atom is -0.488 e. The second kappa shape index (κ2) is 5.36. The molecule has 3 rings (SSSR count). The van der Waals surface area contributed by atoms with Crippen LogP contribution < -0.4 is 10.1 Å². The van der Waals surface area contributed by atoms with Gasteiger partial charge in [0.25, 0.3) is 0 Å². The highest BCUT2D eigenvalue weighted by molar-refractivity contribution is 7.05. The normalized spacial score (nSPS) is 14.1. The van der Waals surface area contributed by atoms with E-state index < -0.39 is 0 Å². The van der Waals surface area contributed by atoms with Gasteiger partial charge in [0.05, 0.1) is 11.1 Å². The zero-order valence-corrected chi connectivity index (χ0v) is 11.0. The Labute approximate surface area is 114 Å². The van der Waals surface area contributed by atoms with Crippen molar-refractivity contribution in [3.8, 4) is 5.75 Å². The number of hydrogen-bond donors (Lipinski definition) is 1. The second-order valence-electron chi connectivity index (χ2n) is 4.46. The van der Waals surface area contributed by atoms with Crippen LogP contribution in [0, 0.1) is 5.92 Å². The molecule has 5 nitrogen and oxygen atoms in total. The molecular formula is C13H13N3O2S. The zero-order chi connectivity index (χ0) is 13.1. The SMILES string of the molecule is O=C(Nc1cccc(OCc2cnns2)c1)C1CC1. The fraction of sp³-hybridized carbons (Fsp3) is 0.308. The lowest BCUT2D eigenvalue weighted by Crippen LogP contribution is -2.13. The number of ether oxygens (including phenoxy) is 1. The van der Waals surface area contributed by atoms with Gasteiger partial charge < -0.3 is 10.1 Å². The third kappa shape index (κ3) is 3.29. The van der Waals surface area contributed by atoms with Crippen LogP contribution in [-0.4, -0.2) is 15.5 Å². The molecule has 6 heteroatoms. The zero-order valence-electron chi connectivity index (χ0n) is 10.2. The van der Waals surface area contributed by atoms with Crippen molar-refractivity contribution in [2.24, 2.45) is 5.92 Å². The molecule has 2 aromatic rings. The number of rotatable bonds is 5. The molecule has 1 saturated carbocycles. The molecule has 0 saturated heterocycles. The van der Waals surface area contributed by atoms with Gasteiger partial charge in [-0.05, 0) is 36.5 Å². The minimum atomic E-state index is 0.101. The van der Waals surface area contributed by atoms with Crippen LogP contribution >= 0.6 is 11.5 Å². The van der Waals surface area contributed by atoms with Crippen LogP contribution in [0.2, 0.25) is 0 Å². The molecule has 1 fully saturated rings. The van der Waals surface area contributed by atoms with Gasteiger partial charge in [-0.1, -0.05) is 10.6 Å². The average Bonchev–Trinajstić information content (AvgIpc) is 3.14. The number of amides is 1. The minimum absolute atomic E-state index is 0.101. The Balaban J connectivity index is 1.60. The first-order chi connectivity index (χ1) is 9.31. The Morgan fingerprint density at radius 2 is 2.37 bits per heavy atom. The number of aromatic nitrogens is 2. The molecule has 1 aliphatic rings. The van der Waals surface area contributed by atoms with Gasteiger partial charge in [-0.3, -0.25) is 4.79 Å². The third-order valence-electron chi connectivity index (χ3n) is 2.84. The largest absolute Gasteiger partial charge is 0.488 e. The molecule has 0 spiro atoms. The van der Waals surface area contributed by atoms with E-state index >= 15 is 0 Å². The average molecular weight is 275 g/mol. The van der Waals surface area contributed by atoms with E-state index in [-0.39, 0.29) is 11.8 Å². The molecule has 1 amide bonds. The fourth-order valence-electron chi connectivity index (χ4n) is 1.66. The topological polar surface area (TPSA) is 64.1 Å². The maximum absolute atomic E-state index is 11.7. The highest BCUT2D eigenvalue weighted by Crippen LogP contribution is 2.30. The van der Waals surface area contributed by atoms with Crippen molar-refractivity contribution in [1.82, 2.24) is 9.59 Å². The van der Waals surface area contributed by atoms with Crippen LogP contribution in [0.3, 0.4) is 0 Å². The van der Waals surface area contributed by atoms with Gasteiger partial charge in [0.1, 0.15) is 12.4 Å². The molecule has 0 radical (unpaired) electrons. The van der Waals surface area contributed by atoms with E-state index in [1.165, 1.54) is 11.5 Å². The Morgan fingerprint density at radius 3 is 3.11 bits per heavy atom. The van der Waals surface area contributed by atoms with Gasteiger partial charge in [0.2, 0.25) is 5.91 Å². The molecule has 0 unspecified atom stereocenters. The summed E-state index contributed by atoms with van der Waals surface area (Å²) in [6.45, 7) is 0.442. The lowest BCUT2D eigenvalue weighted by Gasteiger charge is -2.08. The van der Waals surface area contributed by atoms with Crippen molar-refractivity contribution in [3.05, 3.63) is 35.3 Å². The summed E-state index contributed by atoms with van der Waals surface area (Å²) in [5, 5.41) is 6.65. The van der Waals surface area contributed by atoms with Crippen molar-refractivity contribution in [2.45, 2.75) is 19.4 Å². The van der Waals surface area contributed by atoms with Gasteiger partial charge >= 0.3 is 0 Å². The summed E-state index contributed by atoms with van der Waals surface area (Å²) in [6, 6.07) is 7.42. The van der Waals surface area contributed by atoms with E-state index in [9.17, 15) is 4.79 Å². The molecule has 1 aromatic heterocycles. The molecule has 1 aromatic carbocycles. The van der Waals surface area contributed by atoms with Crippen LogP contribution in [0.25, 0.3) is 0 Å². The standard InChI is InChI=1S/C13H13N3O2S/c17-13(9-4-5-9)15-10-2-1-3-11(6-10)18-8-12-7-14-16-19-12/h1-3,6-7,9H,4-5,8H2,(H,15,17). The molecule has 98 valence electrons. The summed E-state index contributed by atoms with van der Waals surface area (Å²) in [5.74, 6) is 1.03. The van der Waals surface area contributed by atoms with E-state index in [1.807, 2.05) is 24.3 Å². The molecule has 0 bridgehead atoms. The fourth-order valence-corrected chi connectivity index (χ4v) is 2.06. The third-order valence-corrected chi connectivity index (χ3v) is 3.47. The van der Waals surface area contributed by atoms with Gasteiger partial charge in [0.15, 0.2) is 0 Å². The first kappa shape index (κ1) is 12.1. The van der Waals surface area contributed by atoms with Crippen molar-refractivity contribution in [1.29, 1.82) is 0 Å². The van der Waals surface area contributed by atoms with Gasteiger partial charge in [-0.2, -0.15) is 0 Å². The lowest BCUT2D eigenvalue weighted by molar-refractivity contribution is -0.117. The summed E-state index contributed by atoms with van der Waals surface area (Å²) in [7, 11) is 0. The number of carbonyl (C=O) groups excluding carboxylic acids is 1. The molecular weight excluding hydrogens is 262 g/mol. The Morgan fingerprint density at radius 1 is 1.47 bits per heavy atom. The Bertz CT molecular complexity index is 567. The highest BCUT2D eigenvalue weighted by atomic mass is 32.1. The molecule has 19 heavy (non-hydrogen) atoms. The van der Waals surface area contributed by atoms with E-state index in [0.717, 1.165) is 29.2 Å². The molecule has 1 heterocycles. The predicted octanol–water partition coefficient (Wildman–Crippen LogP) is 2.47. The molecule has 1 aliphatic carbocycles. The second-order valence-corrected chi connectivity index (χ2v) is 5.33. The maximum Gasteiger partial charge on any atom is 0.227 e. The number of carbonyl (C=O) groups is 1. The van der Waals surface area contributed by atoms with E-state index in [2.05, 4.69) is 14.9 Å². The van der Waals surface area contributed by atoms with Gasteiger partial charge in [0, 0.05) is 17.7 Å². The van der Waals surface area contributed by atoms with E-state index in [4.69, 9.17) is 4.74 Å². The summed E-state index contributed by atoms with van der Waals surface area (Å²) in [5.41, 5.74) is 0.775. The van der Waals surface area contributed by atoms with Crippen molar-refractivity contribution >= 4 is 23.1 Å². The highest BCUT2D eigenvalue weighted by Gasteiger charge is 2.29. The molecule has 0 aliphatic heterocycles. The van der Waals surface area contributed by atoms with Crippen LogP contribution in [0.15, 0.2) is 30.5 Å². The smallest absolute Gasteiger partial charge is 0.227 e. The Hall–Kier alpha value is -1.95. The van der Waals surface area contributed by atoms with Crippen LogP contribution in [-0.2, 0) is 11.4 Å². The molecule has 1 N–H and O–H groups in total. The van der Waals surface area contributed by atoms with Crippen molar-refractivity contribution < 1.29 is 9.53 Å². The lowest BCUT2D eigenvalue weighted by atomic mass is 10.3. The van der Waals surface area contributed by atoms with Gasteiger partial charge in [-0.25, -0.2) is 0 Å². The monoisotopic (exact) mass is 275 g/mol. The van der Waals surface area contributed by atoms with Crippen molar-refractivity contribution in [3.63, 3.8) is 0 Å².